The van der Waals surface area contributed by atoms with Gasteiger partial charge in [0, 0.05) is 31.7 Å². The van der Waals surface area contributed by atoms with Gasteiger partial charge in [0.15, 0.2) is 0 Å². The smallest absolute Gasteiger partial charge is 0.0594 e. The van der Waals surface area contributed by atoms with Gasteiger partial charge in [-0.2, -0.15) is 0 Å². The van der Waals surface area contributed by atoms with Gasteiger partial charge in [-0.3, -0.25) is 4.90 Å². The Morgan fingerprint density at radius 1 is 1.19 bits per heavy atom. The largest absolute Gasteiger partial charge is 0.379 e. The van der Waals surface area contributed by atoms with Crippen molar-refractivity contribution in [3.05, 3.63) is 0 Å². The van der Waals surface area contributed by atoms with Crippen LogP contribution in [0.2, 0.25) is 0 Å². The summed E-state index contributed by atoms with van der Waals surface area (Å²) in [4.78, 5) is 2.51. The van der Waals surface area contributed by atoms with Crippen LogP contribution < -0.4 is 5.32 Å². The first-order valence-corrected chi connectivity index (χ1v) is 6.46. The van der Waals surface area contributed by atoms with E-state index in [0.717, 1.165) is 32.8 Å². The number of rotatable bonds is 4. The van der Waals surface area contributed by atoms with Crippen LogP contribution in [-0.2, 0) is 4.74 Å². The van der Waals surface area contributed by atoms with Crippen molar-refractivity contribution in [3.63, 3.8) is 0 Å². The first-order chi connectivity index (χ1) is 7.41. The number of nitrogens with one attached hydrogen (secondary N) is 1. The van der Waals surface area contributed by atoms with Crippen LogP contribution in [-0.4, -0.2) is 49.8 Å². The van der Waals surface area contributed by atoms with Gasteiger partial charge in [-0.1, -0.05) is 20.8 Å². The molecule has 0 radical (unpaired) electrons. The molecule has 0 aromatic heterocycles. The van der Waals surface area contributed by atoms with Crippen LogP contribution in [0.15, 0.2) is 0 Å². The van der Waals surface area contributed by atoms with Gasteiger partial charge in [-0.25, -0.2) is 0 Å². The summed E-state index contributed by atoms with van der Waals surface area (Å²) in [7, 11) is 0. The summed E-state index contributed by atoms with van der Waals surface area (Å²) in [6.45, 7) is 16.4. The molecule has 1 aliphatic heterocycles. The standard InChI is InChI=1S/C13H28N2O/c1-11(15-6-8-16-9-7-15)10-14-12(2)13(3,4)5/h11-12,14H,6-10H2,1-5H3. The zero-order valence-electron chi connectivity index (χ0n) is 11.5. The number of hydrogen-bond acceptors (Lipinski definition) is 3. The van der Waals surface area contributed by atoms with E-state index >= 15 is 0 Å². The summed E-state index contributed by atoms with van der Waals surface area (Å²) in [5.74, 6) is 0. The molecule has 1 rings (SSSR count). The molecule has 0 aromatic carbocycles. The quantitative estimate of drug-likeness (QED) is 0.793. The van der Waals surface area contributed by atoms with E-state index in [1.165, 1.54) is 0 Å². The fourth-order valence-corrected chi connectivity index (χ4v) is 1.80. The van der Waals surface area contributed by atoms with Crippen LogP contribution >= 0.6 is 0 Å². The fraction of sp³-hybridized carbons (Fsp3) is 1.00. The van der Waals surface area contributed by atoms with Gasteiger partial charge >= 0.3 is 0 Å². The Kier molecular flexibility index (Phi) is 5.22. The zero-order valence-corrected chi connectivity index (χ0v) is 11.5. The van der Waals surface area contributed by atoms with Crippen molar-refractivity contribution in [1.29, 1.82) is 0 Å². The highest BCUT2D eigenvalue weighted by Crippen LogP contribution is 2.18. The molecule has 0 saturated carbocycles. The molecule has 3 heteroatoms. The molecule has 1 N–H and O–H groups in total. The minimum atomic E-state index is 0.338. The molecule has 0 bridgehead atoms. The first kappa shape index (κ1) is 13.9. The SMILES string of the molecule is CC(CNC(C)C(C)(C)C)N1CCOCC1. The van der Waals surface area contributed by atoms with Crippen molar-refractivity contribution in [2.75, 3.05) is 32.8 Å². The van der Waals surface area contributed by atoms with Crippen molar-refractivity contribution >= 4 is 0 Å². The molecule has 0 aromatic rings. The molecule has 16 heavy (non-hydrogen) atoms. The van der Waals surface area contributed by atoms with Crippen molar-refractivity contribution in [3.8, 4) is 0 Å². The zero-order chi connectivity index (χ0) is 12.2. The summed E-state index contributed by atoms with van der Waals surface area (Å²) in [5.41, 5.74) is 0.338. The highest BCUT2D eigenvalue weighted by atomic mass is 16.5. The van der Waals surface area contributed by atoms with Gasteiger partial charge in [0.1, 0.15) is 0 Å². The van der Waals surface area contributed by atoms with E-state index < -0.39 is 0 Å². The molecular formula is C13H28N2O. The second-order valence-electron chi connectivity index (χ2n) is 5.99. The molecule has 0 aliphatic carbocycles. The van der Waals surface area contributed by atoms with Crippen LogP contribution in [0.1, 0.15) is 34.6 Å². The second kappa shape index (κ2) is 5.99. The Hall–Kier alpha value is -0.120. The summed E-state index contributed by atoms with van der Waals surface area (Å²) < 4.78 is 5.37. The predicted octanol–water partition coefficient (Wildman–Crippen LogP) is 1.73. The fourth-order valence-electron chi connectivity index (χ4n) is 1.80. The lowest BCUT2D eigenvalue weighted by molar-refractivity contribution is 0.0193. The Morgan fingerprint density at radius 3 is 2.25 bits per heavy atom. The Labute approximate surface area is 101 Å². The van der Waals surface area contributed by atoms with Crippen molar-refractivity contribution in [1.82, 2.24) is 10.2 Å². The van der Waals surface area contributed by atoms with E-state index in [0.29, 0.717) is 17.5 Å². The average molecular weight is 228 g/mol. The first-order valence-electron chi connectivity index (χ1n) is 6.46. The van der Waals surface area contributed by atoms with Crippen LogP contribution in [0.5, 0.6) is 0 Å². The van der Waals surface area contributed by atoms with Crippen molar-refractivity contribution < 1.29 is 4.74 Å². The third-order valence-corrected chi connectivity index (χ3v) is 3.69. The van der Waals surface area contributed by atoms with E-state index in [4.69, 9.17) is 4.74 Å². The molecule has 1 aliphatic rings. The molecule has 0 amide bonds. The maximum Gasteiger partial charge on any atom is 0.0594 e. The molecule has 96 valence electrons. The van der Waals surface area contributed by atoms with E-state index in [2.05, 4.69) is 44.8 Å². The Morgan fingerprint density at radius 2 is 1.75 bits per heavy atom. The monoisotopic (exact) mass is 228 g/mol. The minimum absolute atomic E-state index is 0.338. The molecule has 2 atom stereocenters. The maximum absolute atomic E-state index is 5.37. The lowest BCUT2D eigenvalue weighted by Crippen LogP contribution is -2.49. The third-order valence-electron chi connectivity index (χ3n) is 3.69. The van der Waals surface area contributed by atoms with Gasteiger partial charge in [0.25, 0.3) is 0 Å². The lowest BCUT2D eigenvalue weighted by Gasteiger charge is -2.35. The highest BCUT2D eigenvalue weighted by molar-refractivity contribution is 4.79. The van der Waals surface area contributed by atoms with E-state index in [9.17, 15) is 0 Å². The topological polar surface area (TPSA) is 24.5 Å². The predicted molar refractivity (Wildman–Crippen MR) is 68.8 cm³/mol. The summed E-state index contributed by atoms with van der Waals surface area (Å²) in [6.07, 6.45) is 0. The van der Waals surface area contributed by atoms with E-state index in [1.807, 2.05) is 0 Å². The molecule has 3 nitrogen and oxygen atoms in total. The van der Waals surface area contributed by atoms with Gasteiger partial charge < -0.3 is 10.1 Å². The molecule has 1 fully saturated rings. The normalized spacial score (nSPS) is 23.1. The van der Waals surface area contributed by atoms with E-state index in [-0.39, 0.29) is 0 Å². The van der Waals surface area contributed by atoms with Gasteiger partial charge in [0.2, 0.25) is 0 Å². The molecule has 2 unspecified atom stereocenters. The van der Waals surface area contributed by atoms with Crippen LogP contribution in [0.4, 0.5) is 0 Å². The molecular weight excluding hydrogens is 200 g/mol. The Balaban J connectivity index is 2.26. The van der Waals surface area contributed by atoms with Gasteiger partial charge in [-0.05, 0) is 19.3 Å². The summed E-state index contributed by atoms with van der Waals surface area (Å²) in [6, 6.07) is 1.16. The molecule has 0 spiro atoms. The highest BCUT2D eigenvalue weighted by Gasteiger charge is 2.22. The summed E-state index contributed by atoms with van der Waals surface area (Å²) >= 11 is 0. The van der Waals surface area contributed by atoms with Crippen LogP contribution in [0.3, 0.4) is 0 Å². The lowest BCUT2D eigenvalue weighted by atomic mass is 9.88. The second-order valence-corrected chi connectivity index (χ2v) is 5.99. The average Bonchev–Trinajstić information content (AvgIpc) is 2.25. The van der Waals surface area contributed by atoms with Gasteiger partial charge in [-0.15, -0.1) is 0 Å². The number of morpholine rings is 1. The van der Waals surface area contributed by atoms with Crippen molar-refractivity contribution in [2.24, 2.45) is 5.41 Å². The van der Waals surface area contributed by atoms with Gasteiger partial charge in [0.05, 0.1) is 13.2 Å². The maximum atomic E-state index is 5.37. The minimum Gasteiger partial charge on any atom is -0.379 e. The number of ether oxygens (including phenoxy) is 1. The molecule has 1 saturated heterocycles. The number of hydrogen-bond donors (Lipinski definition) is 1. The Bertz CT molecular complexity index is 195. The third kappa shape index (κ3) is 4.40. The number of nitrogens with zero attached hydrogens (tertiary/aromatic N) is 1. The van der Waals surface area contributed by atoms with Crippen LogP contribution in [0.25, 0.3) is 0 Å². The van der Waals surface area contributed by atoms with E-state index in [1.54, 1.807) is 0 Å². The van der Waals surface area contributed by atoms with Crippen LogP contribution in [0, 0.1) is 5.41 Å². The summed E-state index contributed by atoms with van der Waals surface area (Å²) in [5, 5.41) is 3.64. The van der Waals surface area contributed by atoms with Crippen molar-refractivity contribution in [2.45, 2.75) is 46.7 Å². The molecule has 1 heterocycles.